The van der Waals surface area contributed by atoms with E-state index in [9.17, 15) is 9.18 Å². The number of carbonyl (C=O) groups excluding carboxylic acids is 1. The standard InChI is InChI=1S/C16H9ClFN5O/c17-14-7-12(4-1-10(14)8-19)21-16(24)15-9-20-23(22-15)13-5-2-11(18)3-6-13/h1-7,9H,(H,21,24). The molecule has 24 heavy (non-hydrogen) atoms. The Hall–Kier alpha value is -3.24. The van der Waals surface area contributed by atoms with Crippen molar-refractivity contribution < 1.29 is 9.18 Å². The van der Waals surface area contributed by atoms with Gasteiger partial charge in [0.05, 0.1) is 22.5 Å². The normalized spacial score (nSPS) is 10.2. The maximum absolute atomic E-state index is 12.9. The predicted octanol–water partition coefficient (Wildman–Crippen LogP) is 3.18. The molecule has 0 aliphatic heterocycles. The van der Waals surface area contributed by atoms with Crippen LogP contribution in [-0.2, 0) is 0 Å². The summed E-state index contributed by atoms with van der Waals surface area (Å²) >= 11 is 5.92. The summed E-state index contributed by atoms with van der Waals surface area (Å²) < 4.78 is 12.9. The molecule has 118 valence electrons. The van der Waals surface area contributed by atoms with Crippen molar-refractivity contribution in [2.45, 2.75) is 0 Å². The highest BCUT2D eigenvalue weighted by Crippen LogP contribution is 2.20. The number of nitriles is 1. The average Bonchev–Trinajstić information content (AvgIpc) is 3.06. The molecule has 0 radical (unpaired) electrons. The van der Waals surface area contributed by atoms with Gasteiger partial charge in [-0.1, -0.05) is 11.6 Å². The summed E-state index contributed by atoms with van der Waals surface area (Å²) in [6, 6.07) is 12.0. The Morgan fingerprint density at radius 1 is 1.25 bits per heavy atom. The van der Waals surface area contributed by atoms with E-state index in [4.69, 9.17) is 16.9 Å². The molecule has 0 bridgehead atoms. The van der Waals surface area contributed by atoms with Crippen LogP contribution in [0.1, 0.15) is 16.1 Å². The lowest BCUT2D eigenvalue weighted by molar-refractivity contribution is 0.102. The number of hydrogen-bond acceptors (Lipinski definition) is 4. The van der Waals surface area contributed by atoms with Gasteiger partial charge in [0.15, 0.2) is 5.69 Å². The van der Waals surface area contributed by atoms with Crippen molar-refractivity contribution in [3.05, 3.63) is 70.8 Å². The lowest BCUT2D eigenvalue weighted by atomic mass is 10.2. The molecule has 0 saturated carbocycles. The molecule has 0 unspecified atom stereocenters. The number of hydrogen-bond donors (Lipinski definition) is 1. The van der Waals surface area contributed by atoms with Gasteiger partial charge in [0.25, 0.3) is 5.91 Å². The fourth-order valence-electron chi connectivity index (χ4n) is 1.94. The molecule has 1 N–H and O–H groups in total. The second-order valence-corrected chi connectivity index (χ2v) is 5.16. The van der Waals surface area contributed by atoms with Gasteiger partial charge in [-0.05, 0) is 42.5 Å². The molecule has 2 aromatic carbocycles. The van der Waals surface area contributed by atoms with E-state index in [2.05, 4.69) is 15.5 Å². The summed E-state index contributed by atoms with van der Waals surface area (Å²) in [7, 11) is 0. The maximum Gasteiger partial charge on any atom is 0.277 e. The predicted molar refractivity (Wildman–Crippen MR) is 85.4 cm³/mol. The minimum atomic E-state index is -0.482. The van der Waals surface area contributed by atoms with Gasteiger partial charge in [-0.2, -0.15) is 15.2 Å². The van der Waals surface area contributed by atoms with Crippen LogP contribution in [0.2, 0.25) is 5.02 Å². The van der Waals surface area contributed by atoms with Gasteiger partial charge < -0.3 is 5.32 Å². The largest absolute Gasteiger partial charge is 0.320 e. The van der Waals surface area contributed by atoms with Gasteiger partial charge >= 0.3 is 0 Å². The molecule has 0 atom stereocenters. The Morgan fingerprint density at radius 2 is 2.00 bits per heavy atom. The SMILES string of the molecule is N#Cc1ccc(NC(=O)c2cnn(-c3ccc(F)cc3)n2)cc1Cl. The highest BCUT2D eigenvalue weighted by molar-refractivity contribution is 6.32. The summed E-state index contributed by atoms with van der Waals surface area (Å²) in [5.41, 5.74) is 1.36. The van der Waals surface area contributed by atoms with E-state index in [1.165, 1.54) is 47.4 Å². The minimum Gasteiger partial charge on any atom is -0.320 e. The lowest BCUT2D eigenvalue weighted by Crippen LogP contribution is -2.13. The highest BCUT2D eigenvalue weighted by Gasteiger charge is 2.12. The van der Waals surface area contributed by atoms with Gasteiger partial charge in [0.2, 0.25) is 0 Å². The van der Waals surface area contributed by atoms with Crippen molar-refractivity contribution in [3.63, 3.8) is 0 Å². The second-order valence-electron chi connectivity index (χ2n) is 4.76. The van der Waals surface area contributed by atoms with Crippen molar-refractivity contribution in [2.24, 2.45) is 0 Å². The van der Waals surface area contributed by atoms with E-state index < -0.39 is 5.91 Å². The molecular weight excluding hydrogens is 333 g/mol. The number of carbonyl (C=O) groups is 1. The zero-order chi connectivity index (χ0) is 17.1. The molecule has 1 aromatic heterocycles. The first-order chi connectivity index (χ1) is 11.6. The summed E-state index contributed by atoms with van der Waals surface area (Å²) in [6.45, 7) is 0. The van der Waals surface area contributed by atoms with Crippen LogP contribution in [0, 0.1) is 17.1 Å². The number of anilines is 1. The summed E-state index contributed by atoms with van der Waals surface area (Å²) in [5, 5.41) is 19.7. The van der Waals surface area contributed by atoms with Gasteiger partial charge in [-0.25, -0.2) is 4.39 Å². The Kier molecular flexibility index (Phi) is 4.22. The van der Waals surface area contributed by atoms with Crippen molar-refractivity contribution in [1.82, 2.24) is 15.0 Å². The number of halogens is 2. The Labute approximate surface area is 141 Å². The molecule has 0 fully saturated rings. The van der Waals surface area contributed by atoms with Crippen molar-refractivity contribution in [2.75, 3.05) is 5.32 Å². The van der Waals surface area contributed by atoms with Crippen LogP contribution in [-0.4, -0.2) is 20.9 Å². The number of benzene rings is 2. The van der Waals surface area contributed by atoms with E-state index in [1.54, 1.807) is 6.07 Å². The summed E-state index contributed by atoms with van der Waals surface area (Å²) in [5.74, 6) is -0.856. The van der Waals surface area contributed by atoms with Gasteiger partial charge in [0.1, 0.15) is 11.9 Å². The molecule has 3 rings (SSSR count). The van der Waals surface area contributed by atoms with Crippen molar-refractivity contribution in [1.29, 1.82) is 5.26 Å². The third kappa shape index (κ3) is 3.24. The van der Waals surface area contributed by atoms with Gasteiger partial charge in [-0.3, -0.25) is 4.79 Å². The van der Waals surface area contributed by atoms with E-state index in [1.807, 2.05) is 6.07 Å². The molecule has 0 aliphatic rings. The number of aromatic nitrogens is 3. The molecule has 6 nitrogen and oxygen atoms in total. The average molecular weight is 342 g/mol. The lowest BCUT2D eigenvalue weighted by Gasteiger charge is -2.04. The third-order valence-electron chi connectivity index (χ3n) is 3.13. The molecule has 1 amide bonds. The monoisotopic (exact) mass is 341 g/mol. The van der Waals surface area contributed by atoms with Crippen LogP contribution in [0.5, 0.6) is 0 Å². The fourth-order valence-corrected chi connectivity index (χ4v) is 2.17. The Bertz CT molecular complexity index is 946. The van der Waals surface area contributed by atoms with E-state index in [0.29, 0.717) is 16.9 Å². The molecule has 0 aliphatic carbocycles. The van der Waals surface area contributed by atoms with Gasteiger partial charge in [-0.15, -0.1) is 5.10 Å². The quantitative estimate of drug-likeness (QED) is 0.793. The first-order valence-corrected chi connectivity index (χ1v) is 7.14. The first-order valence-electron chi connectivity index (χ1n) is 6.76. The summed E-state index contributed by atoms with van der Waals surface area (Å²) in [6.07, 6.45) is 1.30. The van der Waals surface area contributed by atoms with Crippen LogP contribution in [0.4, 0.5) is 10.1 Å². The number of rotatable bonds is 3. The fraction of sp³-hybridized carbons (Fsp3) is 0. The highest BCUT2D eigenvalue weighted by atomic mass is 35.5. The zero-order valence-electron chi connectivity index (χ0n) is 12.1. The van der Waals surface area contributed by atoms with Crippen LogP contribution in [0.3, 0.4) is 0 Å². The van der Waals surface area contributed by atoms with Crippen LogP contribution < -0.4 is 5.32 Å². The Morgan fingerprint density at radius 3 is 2.67 bits per heavy atom. The van der Waals surface area contributed by atoms with E-state index in [0.717, 1.165) is 0 Å². The second kappa shape index (κ2) is 6.48. The van der Waals surface area contributed by atoms with Crippen LogP contribution in [0.15, 0.2) is 48.7 Å². The van der Waals surface area contributed by atoms with Crippen LogP contribution in [0.25, 0.3) is 5.69 Å². The first kappa shape index (κ1) is 15.6. The molecule has 8 heteroatoms. The smallest absolute Gasteiger partial charge is 0.277 e. The van der Waals surface area contributed by atoms with Gasteiger partial charge in [0, 0.05) is 5.69 Å². The maximum atomic E-state index is 12.9. The molecule has 3 aromatic rings. The molecular formula is C16H9ClFN5O. The number of nitrogens with zero attached hydrogens (tertiary/aromatic N) is 4. The molecule has 1 heterocycles. The minimum absolute atomic E-state index is 0.0832. The topological polar surface area (TPSA) is 83.6 Å². The van der Waals surface area contributed by atoms with Crippen molar-refractivity contribution >= 4 is 23.2 Å². The van der Waals surface area contributed by atoms with E-state index in [-0.39, 0.29) is 16.5 Å². The number of amides is 1. The van der Waals surface area contributed by atoms with E-state index >= 15 is 0 Å². The van der Waals surface area contributed by atoms with Crippen LogP contribution >= 0.6 is 11.6 Å². The number of nitrogens with one attached hydrogen (secondary N) is 1. The summed E-state index contributed by atoms with van der Waals surface area (Å²) in [4.78, 5) is 13.4. The Balaban J connectivity index is 1.78. The third-order valence-corrected chi connectivity index (χ3v) is 3.44. The molecule has 0 spiro atoms. The zero-order valence-corrected chi connectivity index (χ0v) is 12.8. The van der Waals surface area contributed by atoms with Crippen molar-refractivity contribution in [3.8, 4) is 11.8 Å². The molecule has 0 saturated heterocycles.